The number of pyridine rings is 1. The maximum absolute atomic E-state index is 11.8. The van der Waals surface area contributed by atoms with Crippen LogP contribution in [0, 0.1) is 0 Å². The molecule has 86 valence electrons. The van der Waals surface area contributed by atoms with Gasteiger partial charge in [0.15, 0.2) is 0 Å². The quantitative estimate of drug-likeness (QED) is 0.850. The lowest BCUT2D eigenvalue weighted by Crippen LogP contribution is -2.14. The molecule has 0 aliphatic carbocycles. The summed E-state index contributed by atoms with van der Waals surface area (Å²) in [6, 6.07) is 3.01. The number of nitrogens with one attached hydrogen (secondary N) is 1. The topological polar surface area (TPSA) is 67.8 Å². The Kier molecular flexibility index (Phi) is 3.51. The van der Waals surface area contributed by atoms with Crippen molar-refractivity contribution >= 4 is 34.8 Å². The number of hydrogen-bond donors (Lipinski definition) is 1. The van der Waals surface area contributed by atoms with E-state index >= 15 is 0 Å². The van der Waals surface area contributed by atoms with Gasteiger partial charge in [0.25, 0.3) is 5.91 Å². The molecule has 5 nitrogen and oxygen atoms in total. The van der Waals surface area contributed by atoms with Crippen molar-refractivity contribution in [2.45, 2.75) is 0 Å². The maximum Gasteiger partial charge on any atom is 0.275 e. The molecule has 17 heavy (non-hydrogen) atoms. The number of nitrogens with zero attached hydrogens (tertiary/aromatic N) is 3. The number of halogens is 2. The highest BCUT2D eigenvalue weighted by atomic mass is 35.5. The van der Waals surface area contributed by atoms with Gasteiger partial charge in [-0.2, -0.15) is 0 Å². The molecule has 0 saturated heterocycles. The molecule has 0 spiro atoms. The van der Waals surface area contributed by atoms with E-state index in [1.54, 1.807) is 0 Å². The van der Waals surface area contributed by atoms with Gasteiger partial charge < -0.3 is 5.32 Å². The number of anilines is 1. The molecule has 0 saturated carbocycles. The molecule has 0 aromatic carbocycles. The van der Waals surface area contributed by atoms with Crippen molar-refractivity contribution in [1.82, 2.24) is 15.0 Å². The average molecular weight is 269 g/mol. The molecule has 0 aliphatic heterocycles. The molecule has 0 atom stereocenters. The highest BCUT2D eigenvalue weighted by Gasteiger charge is 2.13. The Hall–Kier alpha value is -1.72. The van der Waals surface area contributed by atoms with Crippen LogP contribution >= 0.6 is 23.2 Å². The number of aromatic nitrogens is 3. The highest BCUT2D eigenvalue weighted by Crippen LogP contribution is 2.17. The van der Waals surface area contributed by atoms with E-state index in [0.29, 0.717) is 5.69 Å². The fourth-order valence-corrected chi connectivity index (χ4v) is 1.47. The maximum atomic E-state index is 11.8. The van der Waals surface area contributed by atoms with Crippen molar-refractivity contribution < 1.29 is 4.79 Å². The van der Waals surface area contributed by atoms with Gasteiger partial charge in [0.1, 0.15) is 17.2 Å². The summed E-state index contributed by atoms with van der Waals surface area (Å²) in [4.78, 5) is 23.2. The summed E-state index contributed by atoms with van der Waals surface area (Å²) in [7, 11) is 0. The van der Waals surface area contributed by atoms with Gasteiger partial charge in [-0.15, -0.1) is 0 Å². The minimum absolute atomic E-state index is 0.0584. The van der Waals surface area contributed by atoms with Gasteiger partial charge in [0.05, 0.1) is 23.1 Å². The largest absolute Gasteiger partial charge is 0.318 e. The molecule has 0 fully saturated rings. The monoisotopic (exact) mass is 268 g/mol. The van der Waals surface area contributed by atoms with Crippen molar-refractivity contribution in [3.05, 3.63) is 46.7 Å². The normalized spacial score (nSPS) is 10.0. The fourth-order valence-electron chi connectivity index (χ4n) is 1.13. The second-order valence-electron chi connectivity index (χ2n) is 3.05. The van der Waals surface area contributed by atoms with Crippen LogP contribution in [-0.4, -0.2) is 20.9 Å². The lowest BCUT2D eigenvalue weighted by Gasteiger charge is -2.05. The summed E-state index contributed by atoms with van der Waals surface area (Å²) in [6.07, 6.45) is 4.28. The third kappa shape index (κ3) is 2.89. The van der Waals surface area contributed by atoms with Crippen LogP contribution in [0.5, 0.6) is 0 Å². The first kappa shape index (κ1) is 11.8. The number of amides is 1. The first-order chi connectivity index (χ1) is 8.16. The number of carbonyl (C=O) groups is 1. The van der Waals surface area contributed by atoms with Gasteiger partial charge in [-0.1, -0.05) is 23.2 Å². The standard InChI is InChI=1S/C10H6Cl2N4O/c11-7-1-2-8(12)16-9(7)10(17)15-6-3-13-5-14-4-6/h1-5H,(H,15,17). The smallest absolute Gasteiger partial charge is 0.275 e. The first-order valence-corrected chi connectivity index (χ1v) is 5.31. The molecule has 7 heteroatoms. The lowest BCUT2D eigenvalue weighted by molar-refractivity contribution is 0.102. The Bertz CT molecular complexity index is 547. The molecule has 0 aliphatic rings. The van der Waals surface area contributed by atoms with Crippen molar-refractivity contribution in [3.8, 4) is 0 Å². The summed E-state index contributed by atoms with van der Waals surface area (Å²) >= 11 is 11.5. The van der Waals surface area contributed by atoms with Gasteiger partial charge in [-0.25, -0.2) is 15.0 Å². The summed E-state index contributed by atoms with van der Waals surface area (Å²) in [5, 5.41) is 2.98. The van der Waals surface area contributed by atoms with Gasteiger partial charge in [-0.3, -0.25) is 4.79 Å². The Balaban J connectivity index is 2.23. The SMILES string of the molecule is O=C(Nc1cncnc1)c1nc(Cl)ccc1Cl. The predicted molar refractivity (Wildman–Crippen MR) is 64.2 cm³/mol. The molecular weight excluding hydrogens is 263 g/mol. The van der Waals surface area contributed by atoms with E-state index in [1.165, 1.54) is 30.9 Å². The molecule has 0 bridgehead atoms. The molecule has 1 N–H and O–H groups in total. The van der Waals surface area contributed by atoms with Crippen LogP contribution < -0.4 is 5.32 Å². The predicted octanol–water partition coefficient (Wildman–Crippen LogP) is 2.43. The molecule has 2 rings (SSSR count). The van der Waals surface area contributed by atoms with Crippen LogP contribution in [0.1, 0.15) is 10.5 Å². The molecular formula is C10H6Cl2N4O. The summed E-state index contributed by atoms with van der Waals surface area (Å²) in [5.41, 5.74) is 0.512. The number of hydrogen-bond acceptors (Lipinski definition) is 4. The van der Waals surface area contributed by atoms with Gasteiger partial charge in [-0.05, 0) is 12.1 Å². The molecule has 0 unspecified atom stereocenters. The third-order valence-electron chi connectivity index (χ3n) is 1.85. The van der Waals surface area contributed by atoms with E-state index in [9.17, 15) is 4.79 Å². The molecule has 0 radical (unpaired) electrons. The van der Waals surface area contributed by atoms with Crippen LogP contribution in [0.2, 0.25) is 10.2 Å². The van der Waals surface area contributed by atoms with Crippen LogP contribution in [-0.2, 0) is 0 Å². The highest BCUT2D eigenvalue weighted by molar-refractivity contribution is 6.35. The first-order valence-electron chi connectivity index (χ1n) is 4.55. The molecule has 2 aromatic rings. The van der Waals surface area contributed by atoms with E-state index in [-0.39, 0.29) is 15.9 Å². The van der Waals surface area contributed by atoms with Crippen molar-refractivity contribution in [2.24, 2.45) is 0 Å². The summed E-state index contributed by atoms with van der Waals surface area (Å²) in [5.74, 6) is -0.465. The van der Waals surface area contributed by atoms with E-state index in [2.05, 4.69) is 20.3 Å². The van der Waals surface area contributed by atoms with Crippen molar-refractivity contribution in [3.63, 3.8) is 0 Å². The molecule has 1 amide bonds. The molecule has 2 heterocycles. The van der Waals surface area contributed by atoms with E-state index in [0.717, 1.165) is 0 Å². The minimum atomic E-state index is -0.465. The van der Waals surface area contributed by atoms with Gasteiger partial charge in [0.2, 0.25) is 0 Å². The Morgan fingerprint density at radius 1 is 1.18 bits per heavy atom. The minimum Gasteiger partial charge on any atom is -0.318 e. The second kappa shape index (κ2) is 5.07. The van der Waals surface area contributed by atoms with Crippen molar-refractivity contribution in [1.29, 1.82) is 0 Å². The van der Waals surface area contributed by atoms with Gasteiger partial charge >= 0.3 is 0 Å². The summed E-state index contributed by atoms with van der Waals surface area (Å²) in [6.45, 7) is 0. The van der Waals surface area contributed by atoms with Crippen molar-refractivity contribution in [2.75, 3.05) is 5.32 Å². The Morgan fingerprint density at radius 2 is 1.88 bits per heavy atom. The Labute approximate surface area is 107 Å². The van der Waals surface area contributed by atoms with E-state index < -0.39 is 5.91 Å². The lowest BCUT2D eigenvalue weighted by atomic mass is 10.3. The van der Waals surface area contributed by atoms with Crippen LogP contribution in [0.3, 0.4) is 0 Å². The summed E-state index contributed by atoms with van der Waals surface area (Å²) < 4.78 is 0. The third-order valence-corrected chi connectivity index (χ3v) is 2.36. The van der Waals surface area contributed by atoms with Crippen LogP contribution in [0.25, 0.3) is 0 Å². The second-order valence-corrected chi connectivity index (χ2v) is 3.84. The Morgan fingerprint density at radius 3 is 2.59 bits per heavy atom. The van der Waals surface area contributed by atoms with Crippen LogP contribution in [0.15, 0.2) is 30.9 Å². The molecule has 2 aromatic heterocycles. The van der Waals surface area contributed by atoms with Gasteiger partial charge in [0, 0.05) is 0 Å². The zero-order valence-electron chi connectivity index (χ0n) is 8.39. The van der Waals surface area contributed by atoms with E-state index in [4.69, 9.17) is 23.2 Å². The van der Waals surface area contributed by atoms with E-state index in [1.807, 2.05) is 0 Å². The zero-order valence-corrected chi connectivity index (χ0v) is 9.90. The number of carbonyl (C=O) groups excluding carboxylic acids is 1. The number of rotatable bonds is 2. The fraction of sp³-hybridized carbons (Fsp3) is 0. The van der Waals surface area contributed by atoms with Crippen LogP contribution in [0.4, 0.5) is 5.69 Å². The average Bonchev–Trinajstić information content (AvgIpc) is 2.33. The zero-order chi connectivity index (χ0) is 12.3.